The molecule has 0 aliphatic rings. The zero-order valence-corrected chi connectivity index (χ0v) is 8.51. The largest absolute Gasteiger partial charge is 0.435 e. The minimum atomic E-state index is -2.84. The quantitative estimate of drug-likeness (QED) is 0.782. The highest BCUT2D eigenvalue weighted by Crippen LogP contribution is 2.17. The zero-order chi connectivity index (χ0) is 11.3. The van der Waals surface area contributed by atoms with Crippen molar-refractivity contribution in [3.05, 3.63) is 24.3 Å². The zero-order valence-electron chi connectivity index (χ0n) is 7.61. The third-order valence-corrected chi connectivity index (χ3v) is 1.79. The Morgan fingerprint density at radius 2 is 2.00 bits per heavy atom. The van der Waals surface area contributed by atoms with Crippen molar-refractivity contribution in [2.24, 2.45) is 0 Å². The van der Waals surface area contributed by atoms with Gasteiger partial charge in [-0.05, 0) is 24.3 Å². The number of halogens is 2. The summed E-state index contributed by atoms with van der Waals surface area (Å²) in [6.07, 6.45) is 0. The molecule has 15 heavy (non-hydrogen) atoms. The summed E-state index contributed by atoms with van der Waals surface area (Å²) in [4.78, 5) is 10.9. The lowest BCUT2D eigenvalue weighted by Gasteiger charge is -2.06. The Hall–Kier alpha value is -1.30. The number of anilines is 1. The van der Waals surface area contributed by atoms with Crippen LogP contribution in [0.4, 0.5) is 14.5 Å². The van der Waals surface area contributed by atoms with Crippen LogP contribution in [0.2, 0.25) is 0 Å². The molecule has 1 aromatic carbocycles. The van der Waals surface area contributed by atoms with Gasteiger partial charge < -0.3 is 10.1 Å². The minimum absolute atomic E-state index is 0.0499. The Balaban J connectivity index is 2.60. The Morgan fingerprint density at radius 1 is 1.40 bits per heavy atom. The van der Waals surface area contributed by atoms with Crippen molar-refractivity contribution < 1.29 is 18.3 Å². The first-order valence-corrected chi connectivity index (χ1v) is 4.70. The Labute approximate surface area is 90.8 Å². The van der Waals surface area contributed by atoms with Gasteiger partial charge in [-0.1, -0.05) is 0 Å². The van der Waals surface area contributed by atoms with E-state index in [1.54, 1.807) is 0 Å². The van der Waals surface area contributed by atoms with Crippen molar-refractivity contribution in [2.45, 2.75) is 6.61 Å². The molecule has 0 unspecified atom stereocenters. The van der Waals surface area contributed by atoms with Crippen molar-refractivity contribution in [1.29, 1.82) is 0 Å². The molecule has 0 aliphatic heterocycles. The highest BCUT2D eigenvalue weighted by Gasteiger charge is 2.04. The Kier molecular flexibility index (Phi) is 4.36. The number of thiol groups is 1. The van der Waals surface area contributed by atoms with Gasteiger partial charge in [-0.15, -0.1) is 0 Å². The van der Waals surface area contributed by atoms with Crippen molar-refractivity contribution >= 4 is 24.2 Å². The lowest BCUT2D eigenvalue weighted by atomic mass is 10.3. The van der Waals surface area contributed by atoms with E-state index in [0.717, 1.165) is 0 Å². The number of rotatable bonds is 4. The van der Waals surface area contributed by atoms with E-state index in [9.17, 15) is 13.6 Å². The number of hydrogen-bond acceptors (Lipinski definition) is 3. The molecule has 0 spiro atoms. The van der Waals surface area contributed by atoms with E-state index in [1.807, 2.05) is 0 Å². The molecule has 0 aromatic heterocycles. The number of alkyl halides is 2. The smallest absolute Gasteiger partial charge is 0.387 e. The fraction of sp³-hybridized carbons (Fsp3) is 0.222. The molecule has 1 aromatic rings. The molecule has 6 heteroatoms. The van der Waals surface area contributed by atoms with Crippen LogP contribution < -0.4 is 10.1 Å². The molecule has 1 amide bonds. The molecule has 0 bridgehead atoms. The fourth-order valence-corrected chi connectivity index (χ4v) is 0.999. The number of ether oxygens (including phenoxy) is 1. The number of amides is 1. The van der Waals surface area contributed by atoms with E-state index in [2.05, 4.69) is 22.7 Å². The van der Waals surface area contributed by atoms with Gasteiger partial charge in [-0.3, -0.25) is 4.79 Å². The van der Waals surface area contributed by atoms with E-state index < -0.39 is 6.61 Å². The molecule has 0 atom stereocenters. The van der Waals surface area contributed by atoms with Crippen LogP contribution in [-0.4, -0.2) is 18.3 Å². The standard InChI is InChI=1S/C9H9F2NO2S/c10-9(11)14-7-3-1-6(2-4-7)12-8(13)5-15/h1-4,9,15H,5H2,(H,12,13). The Bertz CT molecular complexity index is 329. The molecule has 0 aliphatic carbocycles. The molecular weight excluding hydrogens is 224 g/mol. The van der Waals surface area contributed by atoms with Gasteiger partial charge in [0, 0.05) is 5.69 Å². The van der Waals surface area contributed by atoms with Crippen molar-refractivity contribution in [1.82, 2.24) is 0 Å². The number of hydrogen-bond donors (Lipinski definition) is 2. The molecule has 0 saturated heterocycles. The van der Waals surface area contributed by atoms with Gasteiger partial charge in [0.1, 0.15) is 5.75 Å². The van der Waals surface area contributed by atoms with Crippen LogP contribution in [0.3, 0.4) is 0 Å². The molecule has 0 radical (unpaired) electrons. The van der Waals surface area contributed by atoms with Gasteiger partial charge in [0.2, 0.25) is 5.91 Å². The minimum Gasteiger partial charge on any atom is -0.435 e. The maximum atomic E-state index is 11.8. The van der Waals surface area contributed by atoms with E-state index in [-0.39, 0.29) is 17.4 Å². The first-order valence-electron chi connectivity index (χ1n) is 4.07. The van der Waals surface area contributed by atoms with Gasteiger partial charge in [-0.2, -0.15) is 21.4 Å². The van der Waals surface area contributed by atoms with E-state index in [0.29, 0.717) is 5.69 Å². The maximum absolute atomic E-state index is 11.8. The summed E-state index contributed by atoms with van der Waals surface area (Å²) in [7, 11) is 0. The monoisotopic (exact) mass is 233 g/mol. The van der Waals surface area contributed by atoms with Crippen molar-refractivity contribution in [3.63, 3.8) is 0 Å². The average Bonchev–Trinajstić information content (AvgIpc) is 2.20. The summed E-state index contributed by atoms with van der Waals surface area (Å²) in [6.45, 7) is -2.84. The predicted molar refractivity (Wildman–Crippen MR) is 55.6 cm³/mol. The third kappa shape index (κ3) is 4.16. The molecule has 3 nitrogen and oxygen atoms in total. The first-order chi connectivity index (χ1) is 7.11. The van der Waals surface area contributed by atoms with Crippen LogP contribution in [-0.2, 0) is 4.79 Å². The van der Waals surface area contributed by atoms with E-state index in [1.165, 1.54) is 24.3 Å². The molecule has 0 fully saturated rings. The second-order valence-corrected chi connectivity index (χ2v) is 2.93. The summed E-state index contributed by atoms with van der Waals surface area (Å²) < 4.78 is 27.7. The normalized spacial score (nSPS) is 10.1. The lowest BCUT2D eigenvalue weighted by Crippen LogP contribution is -2.12. The number of nitrogens with one attached hydrogen (secondary N) is 1. The van der Waals surface area contributed by atoms with Gasteiger partial charge >= 0.3 is 6.61 Å². The average molecular weight is 233 g/mol. The first kappa shape index (κ1) is 11.8. The van der Waals surface area contributed by atoms with Crippen LogP contribution in [0.15, 0.2) is 24.3 Å². The second kappa shape index (κ2) is 5.55. The van der Waals surface area contributed by atoms with Crippen molar-refractivity contribution in [2.75, 3.05) is 11.1 Å². The molecule has 1 N–H and O–H groups in total. The van der Waals surface area contributed by atoms with Gasteiger partial charge in [0.25, 0.3) is 0 Å². The number of carbonyl (C=O) groups is 1. The van der Waals surface area contributed by atoms with Gasteiger partial charge in [0.05, 0.1) is 5.75 Å². The highest BCUT2D eigenvalue weighted by atomic mass is 32.1. The predicted octanol–water partition coefficient (Wildman–Crippen LogP) is 2.16. The fourth-order valence-electron chi connectivity index (χ4n) is 0.920. The third-order valence-electron chi connectivity index (χ3n) is 1.51. The molecule has 0 heterocycles. The van der Waals surface area contributed by atoms with Gasteiger partial charge in [-0.25, -0.2) is 0 Å². The molecular formula is C9H9F2NO2S. The van der Waals surface area contributed by atoms with Gasteiger partial charge in [0.15, 0.2) is 0 Å². The van der Waals surface area contributed by atoms with E-state index in [4.69, 9.17) is 0 Å². The topological polar surface area (TPSA) is 38.3 Å². The highest BCUT2D eigenvalue weighted by molar-refractivity contribution is 7.81. The number of benzene rings is 1. The molecule has 0 saturated carbocycles. The van der Waals surface area contributed by atoms with Crippen LogP contribution in [0.5, 0.6) is 5.75 Å². The van der Waals surface area contributed by atoms with Crippen LogP contribution >= 0.6 is 12.6 Å². The maximum Gasteiger partial charge on any atom is 0.387 e. The summed E-state index contributed by atoms with van der Waals surface area (Å²) >= 11 is 3.78. The van der Waals surface area contributed by atoms with Crippen LogP contribution in [0.25, 0.3) is 0 Å². The van der Waals surface area contributed by atoms with Crippen molar-refractivity contribution in [3.8, 4) is 5.75 Å². The lowest BCUT2D eigenvalue weighted by molar-refractivity contribution is -0.113. The SMILES string of the molecule is O=C(CS)Nc1ccc(OC(F)F)cc1. The summed E-state index contributed by atoms with van der Waals surface area (Å²) in [5.74, 6) is -0.148. The summed E-state index contributed by atoms with van der Waals surface area (Å²) in [5.41, 5.74) is 0.510. The second-order valence-electron chi connectivity index (χ2n) is 2.61. The summed E-state index contributed by atoms with van der Waals surface area (Å²) in [5, 5.41) is 2.51. The Morgan fingerprint density at radius 3 is 2.47 bits per heavy atom. The van der Waals surface area contributed by atoms with E-state index >= 15 is 0 Å². The number of carbonyl (C=O) groups excluding carboxylic acids is 1. The van der Waals surface area contributed by atoms with Crippen LogP contribution in [0.1, 0.15) is 0 Å². The molecule has 82 valence electrons. The molecule has 1 rings (SSSR count). The summed E-state index contributed by atoms with van der Waals surface area (Å²) in [6, 6.07) is 5.64. The van der Waals surface area contributed by atoms with Crippen LogP contribution in [0, 0.1) is 0 Å².